The molecule has 2 aliphatic rings. The van der Waals surface area contributed by atoms with Gasteiger partial charge >= 0.3 is 0 Å². The lowest BCUT2D eigenvalue weighted by atomic mass is 9.93. The molecule has 1 aliphatic carbocycles. The molecule has 0 saturated heterocycles. The van der Waals surface area contributed by atoms with E-state index >= 15 is 0 Å². The first-order valence-corrected chi connectivity index (χ1v) is 8.32. The molecule has 1 N–H and O–H groups in total. The van der Waals surface area contributed by atoms with Crippen molar-refractivity contribution in [2.75, 3.05) is 23.4 Å². The number of nitrogens with one attached hydrogen (secondary N) is 1. The summed E-state index contributed by atoms with van der Waals surface area (Å²) in [6.45, 7) is 6.84. The number of hydrogen-bond donors (Lipinski definition) is 1. The van der Waals surface area contributed by atoms with E-state index in [2.05, 4.69) is 5.32 Å². The van der Waals surface area contributed by atoms with E-state index < -0.39 is 5.41 Å². The van der Waals surface area contributed by atoms with Crippen molar-refractivity contribution in [1.29, 1.82) is 0 Å². The molecule has 0 atom stereocenters. The minimum Gasteiger partial charge on any atom is -0.490 e. The molecule has 1 aromatic rings. The number of amides is 2. The van der Waals surface area contributed by atoms with Crippen molar-refractivity contribution >= 4 is 23.2 Å². The van der Waals surface area contributed by atoms with Gasteiger partial charge in [-0.3, -0.25) is 9.59 Å². The van der Waals surface area contributed by atoms with Gasteiger partial charge in [-0.25, -0.2) is 0 Å². The molecule has 1 saturated carbocycles. The zero-order valence-corrected chi connectivity index (χ0v) is 14.0. The van der Waals surface area contributed by atoms with E-state index in [9.17, 15) is 9.59 Å². The summed E-state index contributed by atoms with van der Waals surface area (Å²) in [6, 6.07) is 5.53. The maximum absolute atomic E-state index is 12.8. The van der Waals surface area contributed by atoms with E-state index in [4.69, 9.17) is 4.74 Å². The third-order valence-corrected chi connectivity index (χ3v) is 4.33. The van der Waals surface area contributed by atoms with Gasteiger partial charge in [0.15, 0.2) is 0 Å². The Balaban J connectivity index is 1.93. The molecule has 0 aromatic heterocycles. The van der Waals surface area contributed by atoms with Crippen molar-refractivity contribution in [3.05, 3.63) is 18.2 Å². The van der Waals surface area contributed by atoms with Gasteiger partial charge in [0.1, 0.15) is 12.4 Å². The lowest BCUT2D eigenvalue weighted by molar-refractivity contribution is -0.127. The molecule has 1 aromatic carbocycles. The van der Waals surface area contributed by atoms with Gasteiger partial charge < -0.3 is 15.0 Å². The van der Waals surface area contributed by atoms with E-state index in [0.717, 1.165) is 30.6 Å². The van der Waals surface area contributed by atoms with Crippen LogP contribution in [0.25, 0.3) is 0 Å². The van der Waals surface area contributed by atoms with E-state index in [-0.39, 0.29) is 17.7 Å². The number of carbonyl (C=O) groups excluding carboxylic acids is 2. The molecule has 0 unspecified atom stereocenters. The third kappa shape index (κ3) is 3.19. The Bertz CT molecular complexity index is 635. The molecule has 5 heteroatoms. The second kappa shape index (κ2) is 5.87. The molecular weight excluding hydrogens is 292 g/mol. The predicted molar refractivity (Wildman–Crippen MR) is 89.7 cm³/mol. The zero-order chi connectivity index (χ0) is 16.6. The van der Waals surface area contributed by atoms with Gasteiger partial charge in [-0.1, -0.05) is 6.92 Å². The van der Waals surface area contributed by atoms with Crippen LogP contribution in [0.15, 0.2) is 18.2 Å². The highest BCUT2D eigenvalue weighted by Gasteiger charge is 2.37. The molecule has 0 bridgehead atoms. The molecule has 1 fully saturated rings. The first-order chi connectivity index (χ1) is 10.9. The fraction of sp³-hybridized carbons (Fsp3) is 0.556. The second-order valence-corrected chi connectivity index (χ2v) is 7.08. The van der Waals surface area contributed by atoms with Gasteiger partial charge in [0, 0.05) is 18.2 Å². The van der Waals surface area contributed by atoms with Crippen LogP contribution in [-0.2, 0) is 9.59 Å². The van der Waals surface area contributed by atoms with Crippen LogP contribution in [0.3, 0.4) is 0 Å². The summed E-state index contributed by atoms with van der Waals surface area (Å²) in [4.78, 5) is 26.6. The number of rotatable bonds is 4. The van der Waals surface area contributed by atoms with Crippen molar-refractivity contribution in [1.82, 2.24) is 0 Å². The molecule has 3 rings (SSSR count). The molecule has 124 valence electrons. The Kier molecular flexibility index (Phi) is 4.04. The maximum Gasteiger partial charge on any atom is 0.236 e. The molecule has 0 spiro atoms. The van der Waals surface area contributed by atoms with Crippen LogP contribution in [0.2, 0.25) is 0 Å². The molecule has 5 nitrogen and oxygen atoms in total. The largest absolute Gasteiger partial charge is 0.490 e. The fourth-order valence-corrected chi connectivity index (χ4v) is 2.76. The summed E-state index contributed by atoms with van der Waals surface area (Å²) >= 11 is 0. The Morgan fingerprint density at radius 3 is 2.78 bits per heavy atom. The summed E-state index contributed by atoms with van der Waals surface area (Å²) in [5.74, 6) is 0.969. The molecule has 0 radical (unpaired) electrons. The quantitative estimate of drug-likeness (QED) is 0.928. The van der Waals surface area contributed by atoms with E-state index in [1.54, 1.807) is 4.90 Å². The van der Waals surface area contributed by atoms with Crippen molar-refractivity contribution in [2.24, 2.45) is 11.3 Å². The van der Waals surface area contributed by atoms with Gasteiger partial charge in [-0.2, -0.15) is 0 Å². The van der Waals surface area contributed by atoms with Crippen molar-refractivity contribution in [3.63, 3.8) is 0 Å². The highest BCUT2D eigenvalue weighted by Crippen LogP contribution is 2.39. The standard InChI is InChI=1S/C18H24N2O3/c1-4-9-20-14-10-13(19-16(21)12-5-6-12)7-8-15(14)23-11-18(2,3)17(20)22/h7-8,10,12H,4-6,9,11H2,1-3H3,(H,19,21). The van der Waals surface area contributed by atoms with Crippen molar-refractivity contribution in [2.45, 2.75) is 40.0 Å². The van der Waals surface area contributed by atoms with Crippen LogP contribution in [0.5, 0.6) is 5.75 Å². The van der Waals surface area contributed by atoms with Gasteiger partial charge in [-0.05, 0) is 51.3 Å². The van der Waals surface area contributed by atoms with Gasteiger partial charge in [0.05, 0.1) is 11.1 Å². The van der Waals surface area contributed by atoms with Gasteiger partial charge in [0.25, 0.3) is 0 Å². The number of carbonyl (C=O) groups is 2. The summed E-state index contributed by atoms with van der Waals surface area (Å²) in [7, 11) is 0. The van der Waals surface area contributed by atoms with Crippen molar-refractivity contribution < 1.29 is 14.3 Å². The Morgan fingerprint density at radius 1 is 1.39 bits per heavy atom. The highest BCUT2D eigenvalue weighted by molar-refractivity contribution is 6.01. The smallest absolute Gasteiger partial charge is 0.236 e. The Labute approximate surface area is 137 Å². The zero-order valence-electron chi connectivity index (χ0n) is 14.0. The molecule has 1 aliphatic heterocycles. The normalized spacial score (nSPS) is 19.6. The summed E-state index contributed by atoms with van der Waals surface area (Å²) in [5, 5.41) is 2.94. The number of anilines is 2. The minimum atomic E-state index is -0.564. The number of hydrogen-bond acceptors (Lipinski definition) is 3. The van der Waals surface area contributed by atoms with Crippen LogP contribution in [0.4, 0.5) is 11.4 Å². The lowest BCUT2D eigenvalue weighted by Crippen LogP contribution is -2.42. The monoisotopic (exact) mass is 316 g/mol. The average molecular weight is 316 g/mol. The van der Waals surface area contributed by atoms with Crippen LogP contribution < -0.4 is 15.0 Å². The van der Waals surface area contributed by atoms with Crippen LogP contribution >= 0.6 is 0 Å². The van der Waals surface area contributed by atoms with Crippen LogP contribution in [0.1, 0.15) is 40.0 Å². The Morgan fingerprint density at radius 2 is 2.13 bits per heavy atom. The summed E-state index contributed by atoms with van der Waals surface area (Å²) in [5.41, 5.74) is 0.903. The van der Waals surface area contributed by atoms with E-state index in [1.165, 1.54) is 0 Å². The van der Waals surface area contributed by atoms with Crippen LogP contribution in [-0.4, -0.2) is 25.0 Å². The maximum atomic E-state index is 12.8. The minimum absolute atomic E-state index is 0.0590. The second-order valence-electron chi connectivity index (χ2n) is 7.08. The van der Waals surface area contributed by atoms with Crippen molar-refractivity contribution in [3.8, 4) is 5.75 Å². The molecule has 2 amide bonds. The number of benzene rings is 1. The first kappa shape index (κ1) is 15.8. The average Bonchev–Trinajstić information content (AvgIpc) is 3.35. The highest BCUT2D eigenvalue weighted by atomic mass is 16.5. The fourth-order valence-electron chi connectivity index (χ4n) is 2.76. The SMILES string of the molecule is CCCN1C(=O)C(C)(C)COc2ccc(NC(=O)C3CC3)cc21. The predicted octanol–water partition coefficient (Wildman–Crippen LogP) is 3.20. The number of ether oxygens (including phenoxy) is 1. The topological polar surface area (TPSA) is 58.6 Å². The molecular formula is C18H24N2O3. The summed E-state index contributed by atoms with van der Waals surface area (Å²) < 4.78 is 5.86. The van der Waals surface area contributed by atoms with Gasteiger partial charge in [0.2, 0.25) is 11.8 Å². The lowest BCUT2D eigenvalue weighted by Gasteiger charge is -2.27. The number of fused-ring (bicyclic) bond motifs is 1. The summed E-state index contributed by atoms with van der Waals surface area (Å²) in [6.07, 6.45) is 2.79. The molecule has 1 heterocycles. The first-order valence-electron chi connectivity index (χ1n) is 8.32. The third-order valence-electron chi connectivity index (χ3n) is 4.33. The Hall–Kier alpha value is -2.04. The number of nitrogens with zero attached hydrogens (tertiary/aromatic N) is 1. The van der Waals surface area contributed by atoms with E-state index in [1.807, 2.05) is 39.0 Å². The molecule has 23 heavy (non-hydrogen) atoms. The van der Waals surface area contributed by atoms with Gasteiger partial charge in [-0.15, -0.1) is 0 Å². The van der Waals surface area contributed by atoms with E-state index in [0.29, 0.717) is 18.9 Å². The van der Waals surface area contributed by atoms with Crippen LogP contribution in [0, 0.1) is 11.3 Å².